The molecule has 0 aliphatic heterocycles. The van der Waals surface area contributed by atoms with Gasteiger partial charge >= 0.3 is 6.09 Å². The van der Waals surface area contributed by atoms with E-state index in [4.69, 9.17) is 15.3 Å². The molecule has 2 amide bonds. The predicted molar refractivity (Wildman–Crippen MR) is 143 cm³/mol. The van der Waals surface area contributed by atoms with Crippen molar-refractivity contribution in [3.05, 3.63) is 42.2 Å². The SMILES string of the molecule is CC(C)(C)OC(=O)NCCC(=O)NCCCNc1nc2cc(/C(N=N)=N/P)ccc2c2cnccc12. The minimum Gasteiger partial charge on any atom is -0.444 e. The summed E-state index contributed by atoms with van der Waals surface area (Å²) in [5.74, 6) is 0.851. The van der Waals surface area contributed by atoms with Crippen LogP contribution in [0, 0.1) is 5.53 Å². The molecule has 0 saturated heterocycles. The molecule has 0 aliphatic carbocycles. The minimum absolute atomic E-state index is 0.148. The number of hydrogen-bond donors (Lipinski definition) is 4. The number of amides is 2. The fourth-order valence-electron chi connectivity index (χ4n) is 3.49. The average Bonchev–Trinajstić information content (AvgIpc) is 2.83. The average molecular weight is 511 g/mol. The Morgan fingerprint density at radius 3 is 2.61 bits per heavy atom. The highest BCUT2D eigenvalue weighted by molar-refractivity contribution is 7.15. The quantitative estimate of drug-likeness (QED) is 0.0845. The van der Waals surface area contributed by atoms with Crippen LogP contribution in [-0.2, 0) is 9.53 Å². The number of carbonyl (C=O) groups is 2. The summed E-state index contributed by atoms with van der Waals surface area (Å²) in [6.07, 6.45) is 3.83. The van der Waals surface area contributed by atoms with E-state index in [1.165, 1.54) is 0 Å². The first kappa shape index (κ1) is 26.9. The van der Waals surface area contributed by atoms with Crippen LogP contribution in [0.3, 0.4) is 0 Å². The molecule has 0 aliphatic rings. The lowest BCUT2D eigenvalue weighted by Gasteiger charge is -2.19. The van der Waals surface area contributed by atoms with Gasteiger partial charge in [0.25, 0.3) is 0 Å². The molecule has 1 unspecified atom stereocenters. The zero-order valence-corrected chi connectivity index (χ0v) is 21.7. The smallest absolute Gasteiger partial charge is 0.407 e. The van der Waals surface area contributed by atoms with Crippen LogP contribution >= 0.6 is 9.39 Å². The molecule has 4 N–H and O–H groups in total. The summed E-state index contributed by atoms with van der Waals surface area (Å²) in [6.45, 7) is 6.62. The maximum atomic E-state index is 12.0. The zero-order valence-electron chi connectivity index (χ0n) is 20.6. The number of aromatic nitrogens is 2. The molecule has 12 heteroatoms. The standard InChI is InChI=1S/C24H31N8O3P/c1-24(2,3)35-23(34)29-12-8-20(33)27-9-4-10-28-22-17-7-11-26-14-18(17)16-6-5-15(13-19(16)30-22)21(31-25)32-36/h5-7,11,13-14,25H,4,8-10,12,36H2,1-3H3,(H,27,33)(H,28,30)(H,29,34)/b31-25?,32-21-. The molecular weight excluding hydrogens is 479 g/mol. The first-order valence-corrected chi connectivity index (χ1v) is 12.0. The third kappa shape index (κ3) is 7.39. The van der Waals surface area contributed by atoms with Crippen LogP contribution < -0.4 is 16.0 Å². The third-order valence-corrected chi connectivity index (χ3v) is 5.32. The Balaban J connectivity index is 1.56. The highest BCUT2D eigenvalue weighted by Gasteiger charge is 2.16. The monoisotopic (exact) mass is 510 g/mol. The summed E-state index contributed by atoms with van der Waals surface area (Å²) in [5.41, 5.74) is 8.16. The molecule has 3 rings (SSSR count). The van der Waals surface area contributed by atoms with Crippen molar-refractivity contribution < 1.29 is 14.3 Å². The molecule has 190 valence electrons. The summed E-state index contributed by atoms with van der Waals surface area (Å²) in [5, 5.41) is 15.1. The van der Waals surface area contributed by atoms with Crippen LogP contribution in [0.2, 0.25) is 0 Å². The lowest BCUT2D eigenvalue weighted by Crippen LogP contribution is -2.35. The van der Waals surface area contributed by atoms with Crippen LogP contribution in [0.15, 0.2) is 46.5 Å². The highest BCUT2D eigenvalue weighted by atomic mass is 31.0. The van der Waals surface area contributed by atoms with Gasteiger partial charge in [0, 0.05) is 60.2 Å². The Bertz CT molecular complexity index is 1290. The number of pyridine rings is 2. The van der Waals surface area contributed by atoms with Crippen molar-refractivity contribution in [3.63, 3.8) is 0 Å². The van der Waals surface area contributed by atoms with Gasteiger partial charge in [-0.1, -0.05) is 12.1 Å². The van der Waals surface area contributed by atoms with E-state index in [-0.39, 0.29) is 18.9 Å². The number of amidine groups is 1. The van der Waals surface area contributed by atoms with E-state index in [0.29, 0.717) is 36.7 Å². The topological polar surface area (TPSA) is 154 Å². The van der Waals surface area contributed by atoms with Crippen molar-refractivity contribution in [2.45, 2.75) is 39.2 Å². The molecule has 1 atom stereocenters. The molecule has 0 saturated carbocycles. The number of rotatable bonds is 9. The van der Waals surface area contributed by atoms with Crippen LogP contribution in [0.1, 0.15) is 39.2 Å². The van der Waals surface area contributed by atoms with E-state index in [1.807, 2.05) is 24.3 Å². The maximum Gasteiger partial charge on any atom is 0.407 e. The van der Waals surface area contributed by atoms with Crippen LogP contribution in [-0.4, -0.2) is 53.0 Å². The predicted octanol–water partition coefficient (Wildman–Crippen LogP) is 4.18. The molecule has 0 radical (unpaired) electrons. The van der Waals surface area contributed by atoms with Crippen LogP contribution in [0.5, 0.6) is 0 Å². The number of ether oxygens (including phenoxy) is 1. The van der Waals surface area contributed by atoms with Gasteiger partial charge in [-0.3, -0.25) is 9.78 Å². The van der Waals surface area contributed by atoms with Gasteiger partial charge in [-0.05, 0) is 48.7 Å². The summed E-state index contributed by atoms with van der Waals surface area (Å²) in [6, 6.07) is 7.54. The first-order valence-electron chi connectivity index (χ1n) is 11.5. The molecular formula is C24H31N8O3P. The van der Waals surface area contributed by atoms with Crippen molar-refractivity contribution in [2.24, 2.45) is 9.88 Å². The summed E-state index contributed by atoms with van der Waals surface area (Å²) < 4.78 is 9.10. The minimum atomic E-state index is -0.576. The highest BCUT2D eigenvalue weighted by Crippen LogP contribution is 2.29. The summed E-state index contributed by atoms with van der Waals surface area (Å²) in [7, 11) is 2.22. The number of benzene rings is 1. The fourth-order valence-corrected chi connectivity index (χ4v) is 3.70. The van der Waals surface area contributed by atoms with Gasteiger partial charge in [0.1, 0.15) is 11.4 Å². The molecule has 0 spiro atoms. The first-order chi connectivity index (χ1) is 17.2. The normalized spacial score (nSPS) is 11.8. The molecule has 1 aromatic carbocycles. The Kier molecular flexibility index (Phi) is 9.19. The Morgan fingerprint density at radius 1 is 1.08 bits per heavy atom. The van der Waals surface area contributed by atoms with Crippen LogP contribution in [0.25, 0.3) is 21.7 Å². The van der Waals surface area contributed by atoms with E-state index in [2.05, 4.69) is 40.2 Å². The molecule has 0 bridgehead atoms. The van der Waals surface area contributed by atoms with E-state index in [0.717, 1.165) is 21.7 Å². The van der Waals surface area contributed by atoms with Crippen molar-refractivity contribution >= 4 is 54.7 Å². The second-order valence-electron chi connectivity index (χ2n) is 8.99. The van der Waals surface area contributed by atoms with E-state index in [1.54, 1.807) is 33.2 Å². The largest absolute Gasteiger partial charge is 0.444 e. The molecule has 2 aromatic heterocycles. The van der Waals surface area contributed by atoms with E-state index < -0.39 is 11.7 Å². The Morgan fingerprint density at radius 2 is 1.89 bits per heavy atom. The molecule has 36 heavy (non-hydrogen) atoms. The van der Waals surface area contributed by atoms with Crippen molar-refractivity contribution in [1.82, 2.24) is 20.6 Å². The van der Waals surface area contributed by atoms with Gasteiger partial charge in [0.05, 0.1) is 5.52 Å². The maximum absolute atomic E-state index is 12.0. The fraction of sp³-hybridized carbons (Fsp3) is 0.375. The molecule has 11 nitrogen and oxygen atoms in total. The zero-order chi connectivity index (χ0) is 26.1. The number of anilines is 1. The van der Waals surface area contributed by atoms with Crippen molar-refractivity contribution in [2.75, 3.05) is 25.0 Å². The third-order valence-electron chi connectivity index (χ3n) is 5.07. The molecule has 2 heterocycles. The number of nitrogens with one attached hydrogen (secondary N) is 4. The molecule has 3 aromatic rings. The number of hydrogen-bond acceptors (Lipinski definition) is 8. The van der Waals surface area contributed by atoms with Gasteiger partial charge in [-0.25, -0.2) is 20.1 Å². The summed E-state index contributed by atoms with van der Waals surface area (Å²) >= 11 is 0. The van der Waals surface area contributed by atoms with Crippen molar-refractivity contribution in [3.8, 4) is 0 Å². The molecule has 0 fully saturated rings. The van der Waals surface area contributed by atoms with Crippen molar-refractivity contribution in [1.29, 1.82) is 5.53 Å². The lowest BCUT2D eigenvalue weighted by atomic mass is 10.1. The van der Waals surface area contributed by atoms with E-state index in [9.17, 15) is 9.59 Å². The lowest BCUT2D eigenvalue weighted by molar-refractivity contribution is -0.120. The number of fused-ring (bicyclic) bond motifs is 3. The van der Waals surface area contributed by atoms with E-state index >= 15 is 0 Å². The van der Waals surface area contributed by atoms with Gasteiger partial charge in [-0.15, -0.1) is 5.11 Å². The van der Waals surface area contributed by atoms with Gasteiger partial charge in [0.15, 0.2) is 5.84 Å². The Labute approximate surface area is 211 Å². The van der Waals surface area contributed by atoms with Gasteiger partial charge in [0.2, 0.25) is 5.91 Å². The Hall–Kier alpha value is -3.72. The number of carbonyl (C=O) groups excluding carboxylic acids is 2. The van der Waals surface area contributed by atoms with Gasteiger partial charge < -0.3 is 20.7 Å². The van der Waals surface area contributed by atoms with Crippen LogP contribution in [0.4, 0.5) is 10.6 Å². The summed E-state index contributed by atoms with van der Waals surface area (Å²) in [4.78, 5) is 32.7. The van der Waals surface area contributed by atoms with Gasteiger partial charge in [-0.2, -0.15) is 0 Å². The number of alkyl carbamates (subject to hydrolysis) is 1. The second-order valence-corrected chi connectivity index (χ2v) is 9.25. The number of nitrogens with zero attached hydrogens (tertiary/aromatic N) is 4. The second kappa shape index (κ2) is 12.3.